The summed E-state index contributed by atoms with van der Waals surface area (Å²) in [6.45, 7) is 6.15. The lowest BCUT2D eigenvalue weighted by Gasteiger charge is -2.29. The van der Waals surface area contributed by atoms with Crippen LogP contribution in [0.5, 0.6) is 0 Å². The van der Waals surface area contributed by atoms with Gasteiger partial charge in [0.05, 0.1) is 0 Å². The molecule has 0 spiro atoms. The van der Waals surface area contributed by atoms with Crippen molar-refractivity contribution in [2.75, 3.05) is 6.54 Å². The fourth-order valence-electron chi connectivity index (χ4n) is 1.85. The average Bonchev–Trinajstić information content (AvgIpc) is 2.26. The largest absolute Gasteiger partial charge is 0.443 e. The number of ether oxygens (including phenoxy) is 1. The number of hydrogen-bond acceptors (Lipinski definition) is 4. The molecule has 1 atom stereocenters. The van der Waals surface area contributed by atoms with Crippen molar-refractivity contribution in [3.8, 4) is 0 Å². The van der Waals surface area contributed by atoms with Crippen LogP contribution >= 0.6 is 0 Å². The van der Waals surface area contributed by atoms with E-state index in [1.807, 2.05) is 32.9 Å². The zero-order chi connectivity index (χ0) is 13.3. The van der Waals surface area contributed by atoms with E-state index in [1.165, 1.54) is 0 Å². The Morgan fingerprint density at radius 3 is 2.94 bits per heavy atom. The lowest BCUT2D eigenvalue weighted by Crippen LogP contribution is -2.38. The van der Waals surface area contributed by atoms with Crippen LogP contribution in [0.2, 0.25) is 0 Å². The van der Waals surface area contributed by atoms with Gasteiger partial charge < -0.3 is 10.5 Å². The molecule has 98 valence electrons. The van der Waals surface area contributed by atoms with Gasteiger partial charge in [0.1, 0.15) is 11.8 Å². The fourth-order valence-corrected chi connectivity index (χ4v) is 1.85. The quantitative estimate of drug-likeness (QED) is 0.712. The highest BCUT2D eigenvalue weighted by molar-refractivity contribution is 6.04. The minimum absolute atomic E-state index is 0.259. The van der Waals surface area contributed by atoms with Crippen molar-refractivity contribution in [3.05, 3.63) is 23.9 Å². The second-order valence-corrected chi connectivity index (χ2v) is 5.43. The van der Waals surface area contributed by atoms with Crippen molar-refractivity contribution in [3.63, 3.8) is 0 Å². The summed E-state index contributed by atoms with van der Waals surface area (Å²) in [5.74, 6) is 0. The molecule has 0 fully saturated rings. The fraction of sp³-hybridized carbons (Fsp3) is 0.538. The average molecular weight is 249 g/mol. The van der Waals surface area contributed by atoms with Gasteiger partial charge in [-0.3, -0.25) is 9.89 Å². The van der Waals surface area contributed by atoms with Gasteiger partial charge >= 0.3 is 6.09 Å². The van der Waals surface area contributed by atoms with E-state index in [-0.39, 0.29) is 12.3 Å². The second-order valence-electron chi connectivity index (χ2n) is 5.43. The van der Waals surface area contributed by atoms with Crippen LogP contribution in [-0.4, -0.2) is 35.0 Å². The molecule has 0 bridgehead atoms. The molecule has 0 aromatic rings. The van der Waals surface area contributed by atoms with E-state index in [0.29, 0.717) is 13.0 Å². The first-order valence-electron chi connectivity index (χ1n) is 6.07. The smallest absolute Gasteiger partial charge is 0.414 e. The summed E-state index contributed by atoms with van der Waals surface area (Å²) in [6, 6.07) is 0. The molecule has 0 saturated heterocycles. The van der Waals surface area contributed by atoms with Crippen LogP contribution in [0.3, 0.4) is 0 Å². The van der Waals surface area contributed by atoms with Crippen molar-refractivity contribution >= 4 is 11.8 Å². The number of aliphatic imine (C=N–C) groups is 1. The number of dihydropyridines is 1. The van der Waals surface area contributed by atoms with Crippen molar-refractivity contribution in [1.82, 2.24) is 4.90 Å². The molecule has 0 aromatic carbocycles. The molecule has 18 heavy (non-hydrogen) atoms. The lowest BCUT2D eigenvalue weighted by atomic mass is 10.0. The number of nitrogens with two attached hydrogens (primary N) is 1. The number of nitrogens with zero attached hydrogens (tertiary/aromatic N) is 2. The number of fused-ring (bicyclic) bond motifs is 1. The zero-order valence-electron chi connectivity index (χ0n) is 11.0. The Labute approximate surface area is 107 Å². The monoisotopic (exact) mass is 249 g/mol. The zero-order valence-corrected chi connectivity index (χ0v) is 11.0. The summed E-state index contributed by atoms with van der Waals surface area (Å²) in [7, 11) is 0. The van der Waals surface area contributed by atoms with E-state index in [9.17, 15) is 4.79 Å². The molecule has 5 nitrogen and oxygen atoms in total. The summed E-state index contributed by atoms with van der Waals surface area (Å²) in [5, 5.41) is 0. The molecule has 1 amide bonds. The van der Waals surface area contributed by atoms with Crippen molar-refractivity contribution in [2.45, 2.75) is 39.0 Å². The molecule has 1 unspecified atom stereocenters. The van der Waals surface area contributed by atoms with Gasteiger partial charge in [-0.25, -0.2) is 4.79 Å². The van der Waals surface area contributed by atoms with Crippen LogP contribution in [0.15, 0.2) is 28.9 Å². The first kappa shape index (κ1) is 12.8. The van der Waals surface area contributed by atoms with Crippen LogP contribution in [0.4, 0.5) is 4.79 Å². The molecular weight excluding hydrogens is 230 g/mol. The number of hydrogen-bond donors (Lipinski definition) is 1. The van der Waals surface area contributed by atoms with Crippen LogP contribution in [0, 0.1) is 0 Å². The third-order valence-electron chi connectivity index (χ3n) is 2.62. The number of amides is 1. The van der Waals surface area contributed by atoms with Gasteiger partial charge in [-0.05, 0) is 26.8 Å². The molecule has 2 aliphatic heterocycles. The molecule has 0 radical (unpaired) electrons. The number of allylic oxidation sites excluding steroid dienone is 2. The molecule has 2 rings (SSSR count). The summed E-state index contributed by atoms with van der Waals surface area (Å²) in [6.07, 6.45) is 5.63. The third-order valence-corrected chi connectivity index (χ3v) is 2.62. The van der Waals surface area contributed by atoms with Gasteiger partial charge in [0, 0.05) is 30.5 Å². The van der Waals surface area contributed by atoms with Gasteiger partial charge in [-0.15, -0.1) is 0 Å². The Balaban J connectivity index is 2.11. The number of carbonyl (C=O) groups is 1. The summed E-state index contributed by atoms with van der Waals surface area (Å²) >= 11 is 0. The predicted molar refractivity (Wildman–Crippen MR) is 70.2 cm³/mol. The highest BCUT2D eigenvalue weighted by Gasteiger charge is 2.25. The number of rotatable bonds is 0. The van der Waals surface area contributed by atoms with Gasteiger partial charge in [0.25, 0.3) is 0 Å². The lowest BCUT2D eigenvalue weighted by molar-refractivity contribution is 0.0335. The maximum atomic E-state index is 11.9. The van der Waals surface area contributed by atoms with E-state index in [0.717, 1.165) is 11.3 Å². The summed E-state index contributed by atoms with van der Waals surface area (Å²) < 4.78 is 5.33. The highest BCUT2D eigenvalue weighted by atomic mass is 16.6. The highest BCUT2D eigenvalue weighted by Crippen LogP contribution is 2.20. The molecular formula is C13H19N3O2. The molecule has 2 heterocycles. The molecule has 0 saturated carbocycles. The summed E-state index contributed by atoms with van der Waals surface area (Å²) in [5.41, 5.74) is 7.14. The Bertz CT molecular complexity index is 444. The Kier molecular flexibility index (Phi) is 3.26. The minimum atomic E-state index is -0.477. The standard InChI is InChI=1S/C13H19N3O2/c1-13(2,3)18-12(17)16-7-6-10-9(8-16)4-5-11(14)15-10/h4-5,8,11H,6-7,14H2,1-3H3. The SMILES string of the molecule is CC(C)(C)OC(=O)N1C=C2C=CC(N)N=C2CC1. The Morgan fingerprint density at radius 2 is 2.28 bits per heavy atom. The molecule has 0 aromatic heterocycles. The van der Waals surface area contributed by atoms with E-state index in [1.54, 1.807) is 11.1 Å². The van der Waals surface area contributed by atoms with E-state index >= 15 is 0 Å². The van der Waals surface area contributed by atoms with Crippen LogP contribution < -0.4 is 5.73 Å². The normalized spacial score (nSPS) is 23.1. The van der Waals surface area contributed by atoms with E-state index in [2.05, 4.69) is 4.99 Å². The molecule has 0 aliphatic carbocycles. The van der Waals surface area contributed by atoms with E-state index < -0.39 is 5.60 Å². The van der Waals surface area contributed by atoms with Crippen molar-refractivity contribution in [1.29, 1.82) is 0 Å². The third kappa shape index (κ3) is 2.98. The van der Waals surface area contributed by atoms with Crippen molar-refractivity contribution in [2.24, 2.45) is 10.7 Å². The van der Waals surface area contributed by atoms with Crippen LogP contribution in [0.25, 0.3) is 0 Å². The van der Waals surface area contributed by atoms with Gasteiger partial charge in [-0.1, -0.05) is 6.08 Å². The first-order chi connectivity index (χ1) is 8.35. The Hall–Kier alpha value is -1.62. The second kappa shape index (κ2) is 4.57. The van der Waals surface area contributed by atoms with E-state index in [4.69, 9.17) is 10.5 Å². The maximum absolute atomic E-state index is 11.9. The molecule has 5 heteroatoms. The topological polar surface area (TPSA) is 67.9 Å². The number of carbonyl (C=O) groups excluding carboxylic acids is 1. The first-order valence-corrected chi connectivity index (χ1v) is 6.07. The molecule has 2 N–H and O–H groups in total. The van der Waals surface area contributed by atoms with Crippen LogP contribution in [0.1, 0.15) is 27.2 Å². The van der Waals surface area contributed by atoms with Gasteiger partial charge in [0.15, 0.2) is 0 Å². The molecule has 2 aliphatic rings. The van der Waals surface area contributed by atoms with Crippen LogP contribution in [-0.2, 0) is 4.74 Å². The minimum Gasteiger partial charge on any atom is -0.443 e. The van der Waals surface area contributed by atoms with Crippen molar-refractivity contribution < 1.29 is 9.53 Å². The Morgan fingerprint density at radius 1 is 1.56 bits per heavy atom. The summed E-state index contributed by atoms with van der Waals surface area (Å²) in [4.78, 5) is 17.8. The van der Waals surface area contributed by atoms with Gasteiger partial charge in [-0.2, -0.15) is 0 Å². The maximum Gasteiger partial charge on any atom is 0.414 e. The predicted octanol–water partition coefficient (Wildman–Crippen LogP) is 1.81. The van der Waals surface area contributed by atoms with Gasteiger partial charge in [0.2, 0.25) is 0 Å².